The Kier molecular flexibility index (Phi) is 4.34. The highest BCUT2D eigenvalue weighted by Crippen LogP contribution is 1.99. The van der Waals surface area contributed by atoms with Gasteiger partial charge >= 0.3 is 5.69 Å². The van der Waals surface area contributed by atoms with Crippen molar-refractivity contribution in [2.45, 2.75) is 32.9 Å². The van der Waals surface area contributed by atoms with Crippen LogP contribution < -0.4 is 11.2 Å². The molecule has 0 radical (unpaired) electrons. The van der Waals surface area contributed by atoms with E-state index >= 15 is 0 Å². The fourth-order valence-electron chi connectivity index (χ4n) is 1.98. The summed E-state index contributed by atoms with van der Waals surface area (Å²) < 4.78 is 2.89. The molecule has 0 spiro atoms. The third-order valence-electron chi connectivity index (χ3n) is 3.07. The van der Waals surface area contributed by atoms with Crippen LogP contribution in [0.3, 0.4) is 0 Å². The van der Waals surface area contributed by atoms with Crippen molar-refractivity contribution in [1.29, 1.82) is 0 Å². The molecule has 19 heavy (non-hydrogen) atoms. The molecule has 4 nitrogen and oxygen atoms in total. The Balaban J connectivity index is 2.32. The first-order valence-corrected chi connectivity index (χ1v) is 6.56. The molecule has 100 valence electrons. The zero-order valence-electron chi connectivity index (χ0n) is 11.1. The summed E-state index contributed by atoms with van der Waals surface area (Å²) in [7, 11) is 0. The second-order valence-corrected chi connectivity index (χ2v) is 4.56. The molecule has 1 aromatic heterocycles. The van der Waals surface area contributed by atoms with Gasteiger partial charge in [0.05, 0.1) is 6.54 Å². The van der Waals surface area contributed by atoms with E-state index < -0.39 is 0 Å². The lowest BCUT2D eigenvalue weighted by atomic mass is 10.2. The average Bonchev–Trinajstić information content (AvgIpc) is 2.43. The van der Waals surface area contributed by atoms with Gasteiger partial charge in [0, 0.05) is 18.8 Å². The van der Waals surface area contributed by atoms with E-state index in [4.69, 9.17) is 0 Å². The van der Waals surface area contributed by atoms with Crippen molar-refractivity contribution < 1.29 is 0 Å². The van der Waals surface area contributed by atoms with Crippen molar-refractivity contribution in [3.05, 3.63) is 69.0 Å². The minimum absolute atomic E-state index is 0.220. The predicted octanol–water partition coefficient (Wildman–Crippen LogP) is 1.86. The van der Waals surface area contributed by atoms with E-state index in [-0.39, 0.29) is 11.2 Å². The number of benzene rings is 1. The van der Waals surface area contributed by atoms with Crippen LogP contribution in [-0.2, 0) is 13.1 Å². The Hall–Kier alpha value is -2.10. The van der Waals surface area contributed by atoms with E-state index in [2.05, 4.69) is 0 Å². The Morgan fingerprint density at radius 3 is 2.47 bits per heavy atom. The molecule has 0 atom stereocenters. The van der Waals surface area contributed by atoms with Crippen LogP contribution in [0.4, 0.5) is 0 Å². The highest BCUT2D eigenvalue weighted by atomic mass is 16.2. The molecule has 0 saturated heterocycles. The van der Waals surface area contributed by atoms with Gasteiger partial charge in [-0.25, -0.2) is 4.79 Å². The van der Waals surface area contributed by atoms with Crippen molar-refractivity contribution in [1.82, 2.24) is 9.13 Å². The Morgan fingerprint density at radius 1 is 1.05 bits per heavy atom. The van der Waals surface area contributed by atoms with Crippen LogP contribution in [0.1, 0.15) is 25.3 Å². The number of rotatable bonds is 5. The molecule has 0 amide bonds. The molecule has 0 aliphatic carbocycles. The number of hydrogen-bond acceptors (Lipinski definition) is 2. The Bertz CT molecular complexity index is 641. The van der Waals surface area contributed by atoms with Gasteiger partial charge < -0.3 is 0 Å². The second-order valence-electron chi connectivity index (χ2n) is 4.56. The summed E-state index contributed by atoms with van der Waals surface area (Å²) in [4.78, 5) is 23.9. The largest absolute Gasteiger partial charge is 0.331 e. The lowest BCUT2D eigenvalue weighted by Crippen LogP contribution is -2.39. The van der Waals surface area contributed by atoms with Crippen molar-refractivity contribution in [3.8, 4) is 0 Å². The summed E-state index contributed by atoms with van der Waals surface area (Å²) in [5, 5.41) is 0. The van der Waals surface area contributed by atoms with Crippen LogP contribution in [0, 0.1) is 0 Å². The topological polar surface area (TPSA) is 44.0 Å². The Morgan fingerprint density at radius 2 is 1.79 bits per heavy atom. The van der Waals surface area contributed by atoms with Crippen LogP contribution in [0.5, 0.6) is 0 Å². The summed E-state index contributed by atoms with van der Waals surface area (Å²) in [5.41, 5.74) is 0.595. The average molecular weight is 258 g/mol. The Labute approximate surface area is 111 Å². The zero-order valence-corrected chi connectivity index (χ0v) is 11.1. The first-order valence-electron chi connectivity index (χ1n) is 6.56. The van der Waals surface area contributed by atoms with Gasteiger partial charge in [0.15, 0.2) is 0 Å². The van der Waals surface area contributed by atoms with Gasteiger partial charge in [-0.3, -0.25) is 13.9 Å². The van der Waals surface area contributed by atoms with Crippen molar-refractivity contribution >= 4 is 0 Å². The quantitative estimate of drug-likeness (QED) is 0.821. The molecule has 0 aliphatic rings. The maximum absolute atomic E-state index is 12.2. The van der Waals surface area contributed by atoms with Crippen molar-refractivity contribution in [2.75, 3.05) is 0 Å². The van der Waals surface area contributed by atoms with E-state index in [9.17, 15) is 9.59 Å². The van der Waals surface area contributed by atoms with Crippen LogP contribution in [0.25, 0.3) is 0 Å². The van der Waals surface area contributed by atoms with E-state index in [0.29, 0.717) is 13.1 Å². The van der Waals surface area contributed by atoms with Crippen molar-refractivity contribution in [3.63, 3.8) is 0 Å². The molecule has 4 heteroatoms. The van der Waals surface area contributed by atoms with Gasteiger partial charge in [-0.15, -0.1) is 0 Å². The van der Waals surface area contributed by atoms with E-state index in [0.717, 1.165) is 18.4 Å². The minimum Gasteiger partial charge on any atom is -0.296 e. The fourth-order valence-corrected chi connectivity index (χ4v) is 1.98. The molecular weight excluding hydrogens is 240 g/mol. The molecule has 1 heterocycles. The van der Waals surface area contributed by atoms with E-state index in [1.807, 2.05) is 37.3 Å². The van der Waals surface area contributed by atoms with Crippen LogP contribution in [-0.4, -0.2) is 9.13 Å². The first kappa shape index (κ1) is 13.3. The summed E-state index contributed by atoms with van der Waals surface area (Å²) in [6.45, 7) is 3.02. The summed E-state index contributed by atoms with van der Waals surface area (Å²) in [6, 6.07) is 11.2. The lowest BCUT2D eigenvalue weighted by Gasteiger charge is -2.09. The van der Waals surface area contributed by atoms with Gasteiger partial charge in [0.1, 0.15) is 0 Å². The molecule has 0 N–H and O–H groups in total. The minimum atomic E-state index is -0.232. The molecule has 0 unspecified atom stereocenters. The smallest absolute Gasteiger partial charge is 0.296 e. The SMILES string of the molecule is CCCCn1c(=O)ccn(Cc2ccccc2)c1=O. The third kappa shape index (κ3) is 3.22. The number of aromatic nitrogens is 2. The van der Waals surface area contributed by atoms with E-state index in [1.54, 1.807) is 10.8 Å². The summed E-state index contributed by atoms with van der Waals surface area (Å²) >= 11 is 0. The molecule has 0 fully saturated rings. The standard InChI is InChI=1S/C15H18N2O2/c1-2-3-10-17-14(18)9-11-16(15(17)19)12-13-7-5-4-6-8-13/h4-9,11H,2-3,10,12H2,1H3. The van der Waals surface area contributed by atoms with Crippen LogP contribution >= 0.6 is 0 Å². The molecule has 2 aromatic rings. The first-order chi connectivity index (χ1) is 9.22. The molecule has 0 saturated carbocycles. The van der Waals surface area contributed by atoms with Gasteiger partial charge in [-0.2, -0.15) is 0 Å². The third-order valence-corrected chi connectivity index (χ3v) is 3.07. The normalized spacial score (nSPS) is 10.6. The highest BCUT2D eigenvalue weighted by molar-refractivity contribution is 5.15. The fraction of sp³-hybridized carbons (Fsp3) is 0.333. The zero-order chi connectivity index (χ0) is 13.7. The van der Waals surface area contributed by atoms with Crippen molar-refractivity contribution in [2.24, 2.45) is 0 Å². The second kappa shape index (κ2) is 6.18. The predicted molar refractivity (Wildman–Crippen MR) is 75.4 cm³/mol. The summed E-state index contributed by atoms with van der Waals surface area (Å²) in [5.74, 6) is 0. The van der Waals surface area contributed by atoms with Gasteiger partial charge in [-0.05, 0) is 12.0 Å². The van der Waals surface area contributed by atoms with Gasteiger partial charge in [0.25, 0.3) is 5.56 Å². The lowest BCUT2D eigenvalue weighted by molar-refractivity contribution is 0.545. The van der Waals surface area contributed by atoms with Crippen LogP contribution in [0.15, 0.2) is 52.2 Å². The molecular formula is C15H18N2O2. The molecule has 0 bridgehead atoms. The molecule has 1 aromatic carbocycles. The number of nitrogens with zero attached hydrogens (tertiary/aromatic N) is 2. The highest BCUT2D eigenvalue weighted by Gasteiger charge is 2.05. The number of unbranched alkanes of at least 4 members (excludes halogenated alkanes) is 1. The molecule has 0 aliphatic heterocycles. The van der Waals surface area contributed by atoms with Gasteiger partial charge in [0.2, 0.25) is 0 Å². The number of hydrogen-bond donors (Lipinski definition) is 0. The summed E-state index contributed by atoms with van der Waals surface area (Å²) in [6.07, 6.45) is 3.37. The maximum atomic E-state index is 12.2. The van der Waals surface area contributed by atoms with Crippen LogP contribution in [0.2, 0.25) is 0 Å². The molecule has 2 rings (SSSR count). The van der Waals surface area contributed by atoms with Gasteiger partial charge in [-0.1, -0.05) is 43.7 Å². The van der Waals surface area contributed by atoms with E-state index in [1.165, 1.54) is 10.6 Å². The maximum Gasteiger partial charge on any atom is 0.331 e. The monoisotopic (exact) mass is 258 g/mol.